The first-order chi connectivity index (χ1) is 65.2. The van der Waals surface area contributed by atoms with Crippen molar-refractivity contribution >= 4 is 0 Å². The summed E-state index contributed by atoms with van der Waals surface area (Å²) in [5, 5.41) is 0. The van der Waals surface area contributed by atoms with Crippen molar-refractivity contribution in [2.24, 2.45) is 35.2 Å². The number of para-hydroxylation sites is 3. The number of aryl methyl sites for hydroxylation is 13. The molecule has 0 spiro atoms. The normalized spacial score (nSPS) is 11.3. The van der Waals surface area contributed by atoms with E-state index < -0.39 is 0 Å². The lowest BCUT2D eigenvalue weighted by atomic mass is 9.88. The molecule has 10 aromatic heterocycles. The second kappa shape index (κ2) is 42.4. The summed E-state index contributed by atoms with van der Waals surface area (Å²) in [5.74, 6) is 0.259. The van der Waals surface area contributed by atoms with E-state index in [0.717, 1.165) is 163 Å². The van der Waals surface area contributed by atoms with E-state index in [2.05, 4.69) is 196 Å². The minimum absolute atomic E-state index is 0.212. The van der Waals surface area contributed by atoms with Gasteiger partial charge >= 0.3 is 0 Å². The third kappa shape index (κ3) is 20.3. The van der Waals surface area contributed by atoms with Gasteiger partial charge in [0.15, 0.2) is 60.7 Å². The minimum atomic E-state index is -0.276. The van der Waals surface area contributed by atoms with Crippen LogP contribution in [0, 0.1) is 85.1 Å². The zero-order chi connectivity index (χ0) is 97.4. The lowest BCUT2D eigenvalue weighted by molar-refractivity contribution is -0.660. The van der Waals surface area contributed by atoms with Gasteiger partial charge in [-0.1, -0.05) is 233 Å². The van der Waals surface area contributed by atoms with Gasteiger partial charge in [0.2, 0.25) is 28.5 Å². The molecule has 0 N–H and O–H groups in total. The van der Waals surface area contributed by atoms with E-state index in [1.807, 2.05) is 294 Å². The van der Waals surface area contributed by atoms with E-state index in [1.54, 1.807) is 44.0 Å². The maximum absolute atomic E-state index is 15.7. The summed E-state index contributed by atoms with van der Waals surface area (Å²) in [7, 11) is 9.97. The van der Waals surface area contributed by atoms with Gasteiger partial charge in [-0.2, -0.15) is 44.8 Å². The van der Waals surface area contributed by atoms with Crippen LogP contribution in [-0.4, -0.2) is 22.8 Å². The quantitative estimate of drug-likeness (QED) is 0.0607. The molecule has 0 fully saturated rings. The van der Waals surface area contributed by atoms with Gasteiger partial charge in [-0.3, -0.25) is 22.8 Å². The molecular formula is C121H128F5N10+5. The van der Waals surface area contributed by atoms with E-state index in [0.29, 0.717) is 17.8 Å². The maximum atomic E-state index is 15.7. The minimum Gasteiger partial charge on any atom is -0.280 e. The smallest absolute Gasteiger partial charge is 0.229 e. The molecule has 8 aromatic carbocycles. The Kier molecular flexibility index (Phi) is 30.4. The number of nitrogens with zero attached hydrogens (tertiary/aromatic N) is 10. The molecule has 0 saturated carbocycles. The first-order valence-electron chi connectivity index (χ1n) is 47.1. The molecule has 0 bridgehead atoms. The van der Waals surface area contributed by atoms with Gasteiger partial charge < -0.3 is 0 Å². The van der Waals surface area contributed by atoms with Crippen LogP contribution in [0.4, 0.5) is 22.0 Å². The van der Waals surface area contributed by atoms with Gasteiger partial charge in [0, 0.05) is 71.8 Å². The topological polar surface area (TPSA) is 44.0 Å². The molecule has 15 heteroatoms. The molecule has 10 nitrogen and oxygen atoms in total. The van der Waals surface area contributed by atoms with Crippen LogP contribution in [-0.2, 0) is 35.2 Å². The first-order valence-corrected chi connectivity index (χ1v) is 47.1. The number of rotatable bonds is 18. The van der Waals surface area contributed by atoms with Crippen molar-refractivity contribution in [1.82, 2.24) is 22.8 Å². The van der Waals surface area contributed by atoms with E-state index >= 15 is 13.2 Å². The molecule has 692 valence electrons. The summed E-state index contributed by atoms with van der Waals surface area (Å²) >= 11 is 0. The van der Waals surface area contributed by atoms with Gasteiger partial charge in [0.05, 0.1) is 28.4 Å². The SMILES string of the molecule is Cc1cc(C)c(-n2c(F)cc(C)c2-c2cccc[n+]2C)c(C)c1.Cc1cc(F)n(-c2c(-c3ccccc3)cccc2-c2ccccc2)c1-c1cccc[n+]1C.Cc1cc(F)n(-c2c(C(C)C)cc(-c3ccccc3)cc2C(C)C)c1-c1cccc[n+]1C.Cc1cc(F)n(-c2c(C(C)C)cccc2C(C)C)c1-c1cccc[n+]1C.Cc1cc(F)n(-c2ccccc2C(C)C)c1-c1cccc[n+]1C. The molecule has 0 unspecified atom stereocenters. The molecular weight excluding hydrogens is 1690 g/mol. The molecule has 0 saturated heterocycles. The van der Waals surface area contributed by atoms with Crippen molar-refractivity contribution < 1.29 is 44.8 Å². The number of hydrogen-bond donors (Lipinski definition) is 0. The highest BCUT2D eigenvalue weighted by Crippen LogP contribution is 2.45. The van der Waals surface area contributed by atoms with Crippen LogP contribution in [0.25, 0.3) is 119 Å². The predicted octanol–water partition coefficient (Wildman–Crippen LogP) is 28.6. The fourth-order valence-corrected chi connectivity index (χ4v) is 19.1. The Hall–Kier alpha value is -14.4. The molecule has 18 aromatic rings. The summed E-state index contributed by atoms with van der Waals surface area (Å²) in [6.45, 7) is 37.7. The number of pyridine rings is 5. The molecule has 0 aliphatic rings. The second-order valence-corrected chi connectivity index (χ2v) is 37.3. The molecule has 10 heterocycles. The summed E-state index contributed by atoms with van der Waals surface area (Å²) in [4.78, 5) is 0. The van der Waals surface area contributed by atoms with Crippen molar-refractivity contribution in [2.75, 3.05) is 0 Å². The average molecular weight is 1820 g/mol. The fraction of sp³-hybridized carbons (Fsp3) is 0.231. The third-order valence-corrected chi connectivity index (χ3v) is 25.6. The highest BCUT2D eigenvalue weighted by atomic mass is 19.1. The monoisotopic (exact) mass is 1820 g/mol. The Morgan fingerprint density at radius 2 is 0.456 bits per heavy atom. The average Bonchev–Trinajstić information content (AvgIpc) is 1.61. The van der Waals surface area contributed by atoms with Gasteiger partial charge in [-0.05, 0) is 253 Å². The maximum Gasteiger partial charge on any atom is 0.229 e. The van der Waals surface area contributed by atoms with Gasteiger partial charge in [0.25, 0.3) is 0 Å². The molecule has 0 atom stereocenters. The highest BCUT2D eigenvalue weighted by molar-refractivity contribution is 5.87. The van der Waals surface area contributed by atoms with Gasteiger partial charge in [0.1, 0.15) is 63.7 Å². The van der Waals surface area contributed by atoms with Crippen molar-refractivity contribution in [2.45, 2.75) is 154 Å². The Morgan fingerprint density at radius 3 is 0.772 bits per heavy atom. The number of hydrogen-bond acceptors (Lipinski definition) is 0. The van der Waals surface area contributed by atoms with Crippen molar-refractivity contribution in [3.05, 3.63) is 430 Å². The lowest BCUT2D eigenvalue weighted by Crippen LogP contribution is -2.31. The van der Waals surface area contributed by atoms with Crippen LogP contribution in [0.5, 0.6) is 0 Å². The summed E-state index contributed by atoms with van der Waals surface area (Å²) in [6.07, 6.45) is 9.97. The Bertz CT molecular complexity index is 7160. The van der Waals surface area contributed by atoms with Crippen molar-refractivity contribution in [1.29, 1.82) is 0 Å². The Balaban J connectivity index is 0.000000137. The number of halogens is 5. The van der Waals surface area contributed by atoms with Crippen LogP contribution >= 0.6 is 0 Å². The Labute approximate surface area is 801 Å². The van der Waals surface area contributed by atoms with E-state index in [4.69, 9.17) is 0 Å². The van der Waals surface area contributed by atoms with Crippen molar-refractivity contribution in [3.63, 3.8) is 0 Å². The molecule has 0 aliphatic heterocycles. The zero-order valence-electron chi connectivity index (χ0n) is 82.9. The summed E-state index contributed by atoms with van der Waals surface area (Å²) in [5.41, 5.74) is 34.3. The number of aromatic nitrogens is 10. The van der Waals surface area contributed by atoms with E-state index in [1.165, 1.54) is 27.8 Å². The molecule has 18 rings (SSSR count). The molecule has 136 heavy (non-hydrogen) atoms. The van der Waals surface area contributed by atoms with Crippen LogP contribution in [0.1, 0.15) is 171 Å². The van der Waals surface area contributed by atoms with Crippen LogP contribution < -0.4 is 22.8 Å². The van der Waals surface area contributed by atoms with Crippen molar-refractivity contribution in [3.8, 4) is 119 Å². The summed E-state index contributed by atoms with van der Waals surface area (Å²) < 4.78 is 95.2. The van der Waals surface area contributed by atoms with Crippen LogP contribution in [0.3, 0.4) is 0 Å². The van der Waals surface area contributed by atoms with E-state index in [9.17, 15) is 8.78 Å². The summed E-state index contributed by atoms with van der Waals surface area (Å²) in [6, 6.07) is 98.3. The van der Waals surface area contributed by atoms with Crippen LogP contribution in [0.2, 0.25) is 0 Å². The molecule has 0 amide bonds. The highest BCUT2D eigenvalue weighted by Gasteiger charge is 2.33. The van der Waals surface area contributed by atoms with Gasteiger partial charge in [-0.15, -0.1) is 0 Å². The zero-order valence-corrected chi connectivity index (χ0v) is 82.9. The predicted molar refractivity (Wildman–Crippen MR) is 546 cm³/mol. The largest absolute Gasteiger partial charge is 0.280 e. The van der Waals surface area contributed by atoms with E-state index in [-0.39, 0.29) is 41.6 Å². The van der Waals surface area contributed by atoms with Crippen LogP contribution in [0.15, 0.2) is 328 Å². The molecule has 0 aliphatic carbocycles. The third-order valence-electron chi connectivity index (χ3n) is 25.6. The standard InChI is InChI=1S/C29H24FN2.C29H32FN2.C23H28FN2.2C20H22FN2/c1-21-20-27(30)32(28(21)26-18-9-10-19-31(26)2)29-24(22-12-5-3-6-13-22)16-11-17-25(29)23-14-7-4-8-15-23;1-19(2)24-17-23(22-12-8-7-9-13-22)18-25(20(3)4)29(24)32-27(30)16-21(5)28(32)26-14-10-11-15-31(26)6;1-15(2)18-10-9-11-19(16(3)4)23(18)26-21(24)14-17(5)22(26)20-12-7-8-13-25(20)6;1-13-10-14(2)19(15(3)11-13)23-18(21)12-16(4)20(23)17-8-6-7-9-22(17)5;1-14(2)16-9-5-6-10-17(16)23-19(21)13-15(3)20(23)18-11-7-8-12-22(18)4/h3-20H,1-2H3;7-20H,1-6H3;7-16H,1-6H3;6-12H,1-5H3;5-14H,1-4H3/q5*+1. The first kappa shape index (κ1) is 97.6. The fourth-order valence-electron chi connectivity index (χ4n) is 19.1. The molecule has 0 radical (unpaired) electrons. The number of benzene rings is 8. The Morgan fingerprint density at radius 1 is 0.206 bits per heavy atom. The lowest BCUT2D eigenvalue weighted by Gasteiger charge is -2.24. The van der Waals surface area contributed by atoms with Gasteiger partial charge in [-0.25, -0.2) is 0 Å². The second-order valence-electron chi connectivity index (χ2n) is 37.3.